The number of benzene rings is 2. The summed E-state index contributed by atoms with van der Waals surface area (Å²) in [5.74, 6) is 0.489. The van der Waals surface area contributed by atoms with Gasteiger partial charge in [-0.05, 0) is 43.2 Å². The number of hydrogen-bond acceptors (Lipinski definition) is 4. The molecule has 3 aromatic rings. The van der Waals surface area contributed by atoms with Crippen LogP contribution < -0.4 is 4.74 Å². The molecule has 2 heterocycles. The van der Waals surface area contributed by atoms with E-state index in [0.29, 0.717) is 29.4 Å². The van der Waals surface area contributed by atoms with Gasteiger partial charge in [-0.3, -0.25) is 0 Å². The highest BCUT2D eigenvalue weighted by Gasteiger charge is 2.35. The van der Waals surface area contributed by atoms with E-state index in [1.54, 1.807) is 13.0 Å². The molecule has 2 aromatic carbocycles. The first-order valence-electron chi connectivity index (χ1n) is 8.83. The highest BCUT2D eigenvalue weighted by molar-refractivity contribution is 7.89. The third-order valence-electron chi connectivity index (χ3n) is 4.80. The van der Waals surface area contributed by atoms with Crippen LogP contribution in [0.5, 0.6) is 5.88 Å². The van der Waals surface area contributed by atoms with Crippen molar-refractivity contribution in [2.75, 3.05) is 13.1 Å². The van der Waals surface area contributed by atoms with Crippen LogP contribution in [0.2, 0.25) is 10.0 Å². The summed E-state index contributed by atoms with van der Waals surface area (Å²) in [4.78, 5) is 4.56. The summed E-state index contributed by atoms with van der Waals surface area (Å²) in [7, 11) is -3.73. The van der Waals surface area contributed by atoms with Crippen molar-refractivity contribution >= 4 is 44.1 Å². The van der Waals surface area contributed by atoms with Crippen LogP contribution in [0, 0.1) is 6.92 Å². The molecular formula is C20H18Cl2N2O3S. The molecule has 0 N–H and O–H groups in total. The number of nitrogens with zero attached hydrogens (tertiary/aromatic N) is 2. The highest BCUT2D eigenvalue weighted by atomic mass is 35.5. The van der Waals surface area contributed by atoms with Gasteiger partial charge in [0, 0.05) is 23.0 Å². The van der Waals surface area contributed by atoms with Crippen LogP contribution in [-0.2, 0) is 10.0 Å². The Kier molecular flexibility index (Phi) is 5.22. The fourth-order valence-electron chi connectivity index (χ4n) is 3.26. The number of halogens is 2. The van der Waals surface area contributed by atoms with E-state index in [2.05, 4.69) is 4.98 Å². The lowest BCUT2D eigenvalue weighted by atomic mass is 10.2. The molecule has 0 amide bonds. The molecule has 0 bridgehead atoms. The Labute approximate surface area is 173 Å². The third-order valence-corrected chi connectivity index (χ3v) is 7.54. The number of rotatable bonds is 4. The monoisotopic (exact) mass is 436 g/mol. The molecule has 28 heavy (non-hydrogen) atoms. The minimum Gasteiger partial charge on any atom is -0.473 e. The standard InChI is InChI=1S/C20H18Cl2N2O3S/c1-13-10-19(17(22)11-16(13)21)28(25,26)24-9-8-15(12-24)27-20-7-6-14-4-2-3-5-18(14)23-20/h2-7,10-11,15H,8-9,12H2,1H3. The van der Waals surface area contributed by atoms with E-state index >= 15 is 0 Å². The number of sulfonamides is 1. The summed E-state index contributed by atoms with van der Waals surface area (Å²) in [6.45, 7) is 2.35. The zero-order chi connectivity index (χ0) is 19.9. The largest absolute Gasteiger partial charge is 0.473 e. The van der Waals surface area contributed by atoms with Crippen LogP contribution >= 0.6 is 23.2 Å². The van der Waals surface area contributed by atoms with Gasteiger partial charge in [0.2, 0.25) is 15.9 Å². The van der Waals surface area contributed by atoms with E-state index in [-0.39, 0.29) is 22.6 Å². The van der Waals surface area contributed by atoms with Crippen LogP contribution in [0.4, 0.5) is 0 Å². The van der Waals surface area contributed by atoms with Gasteiger partial charge < -0.3 is 4.74 Å². The summed E-state index contributed by atoms with van der Waals surface area (Å²) >= 11 is 12.2. The Balaban J connectivity index is 1.52. The van der Waals surface area contributed by atoms with Crippen molar-refractivity contribution in [3.05, 3.63) is 64.1 Å². The van der Waals surface area contributed by atoms with Gasteiger partial charge in [0.1, 0.15) is 11.0 Å². The smallest absolute Gasteiger partial charge is 0.244 e. The highest BCUT2D eigenvalue weighted by Crippen LogP contribution is 2.32. The molecule has 8 heteroatoms. The predicted octanol–water partition coefficient (Wildman–Crippen LogP) is 4.69. The molecule has 0 saturated carbocycles. The van der Waals surface area contributed by atoms with Crippen LogP contribution in [0.15, 0.2) is 53.4 Å². The lowest BCUT2D eigenvalue weighted by molar-refractivity contribution is 0.207. The summed E-state index contributed by atoms with van der Waals surface area (Å²) < 4.78 is 33.4. The van der Waals surface area contributed by atoms with Crippen LogP contribution in [0.3, 0.4) is 0 Å². The van der Waals surface area contributed by atoms with Crippen LogP contribution in [0.25, 0.3) is 10.9 Å². The maximum Gasteiger partial charge on any atom is 0.244 e. The third kappa shape index (κ3) is 3.70. The topological polar surface area (TPSA) is 59.5 Å². The fraction of sp³-hybridized carbons (Fsp3) is 0.250. The maximum atomic E-state index is 13.0. The van der Waals surface area contributed by atoms with Crippen molar-refractivity contribution in [1.29, 1.82) is 0 Å². The number of para-hydroxylation sites is 1. The first-order valence-corrected chi connectivity index (χ1v) is 11.0. The molecule has 5 nitrogen and oxygen atoms in total. The maximum absolute atomic E-state index is 13.0. The summed E-state index contributed by atoms with van der Waals surface area (Å²) in [5, 5.41) is 1.59. The van der Waals surface area contributed by atoms with Crippen molar-refractivity contribution in [3.63, 3.8) is 0 Å². The van der Waals surface area contributed by atoms with Gasteiger partial charge in [0.25, 0.3) is 0 Å². The Bertz CT molecular complexity index is 1150. The molecule has 0 radical (unpaired) electrons. The minimum atomic E-state index is -3.73. The minimum absolute atomic E-state index is 0.0700. The molecule has 1 aliphatic heterocycles. The SMILES string of the molecule is Cc1cc(S(=O)(=O)N2CCC(Oc3ccc4ccccc4n3)C2)c(Cl)cc1Cl. The van der Waals surface area contributed by atoms with Gasteiger partial charge in [-0.2, -0.15) is 4.31 Å². The van der Waals surface area contributed by atoms with E-state index < -0.39 is 10.0 Å². The lowest BCUT2D eigenvalue weighted by Crippen LogP contribution is -2.31. The zero-order valence-electron chi connectivity index (χ0n) is 15.1. The Morgan fingerprint density at radius 2 is 1.89 bits per heavy atom. The molecule has 0 aliphatic carbocycles. The van der Waals surface area contributed by atoms with Gasteiger partial charge in [-0.1, -0.05) is 41.4 Å². The van der Waals surface area contributed by atoms with Gasteiger partial charge in [-0.15, -0.1) is 0 Å². The van der Waals surface area contributed by atoms with E-state index in [1.165, 1.54) is 16.4 Å². The van der Waals surface area contributed by atoms with Crippen molar-refractivity contribution in [1.82, 2.24) is 9.29 Å². The van der Waals surface area contributed by atoms with Crippen molar-refractivity contribution in [3.8, 4) is 5.88 Å². The summed E-state index contributed by atoms with van der Waals surface area (Å²) in [6, 6.07) is 14.5. The number of ether oxygens (including phenoxy) is 1. The van der Waals surface area contributed by atoms with E-state index in [4.69, 9.17) is 27.9 Å². The average molecular weight is 437 g/mol. The molecule has 0 spiro atoms. The second-order valence-corrected chi connectivity index (χ2v) is 9.49. The summed E-state index contributed by atoms with van der Waals surface area (Å²) in [6.07, 6.45) is 0.313. The Morgan fingerprint density at radius 1 is 1.11 bits per heavy atom. The molecule has 1 unspecified atom stereocenters. The quantitative estimate of drug-likeness (QED) is 0.594. The zero-order valence-corrected chi connectivity index (χ0v) is 17.4. The Hall–Kier alpha value is -1.86. The van der Waals surface area contributed by atoms with E-state index in [9.17, 15) is 8.42 Å². The molecule has 4 rings (SSSR count). The number of aryl methyl sites for hydroxylation is 1. The molecule has 1 atom stereocenters. The predicted molar refractivity (Wildman–Crippen MR) is 111 cm³/mol. The molecule has 1 aromatic heterocycles. The molecule has 1 aliphatic rings. The van der Waals surface area contributed by atoms with Crippen molar-refractivity contribution in [2.45, 2.75) is 24.3 Å². The molecule has 1 saturated heterocycles. The molecule has 146 valence electrons. The second kappa shape index (κ2) is 7.52. The number of aromatic nitrogens is 1. The Morgan fingerprint density at radius 3 is 2.71 bits per heavy atom. The van der Waals surface area contributed by atoms with E-state index in [0.717, 1.165) is 10.9 Å². The van der Waals surface area contributed by atoms with Crippen LogP contribution in [-0.4, -0.2) is 36.9 Å². The first-order chi connectivity index (χ1) is 13.3. The van der Waals surface area contributed by atoms with Crippen LogP contribution in [0.1, 0.15) is 12.0 Å². The normalized spacial score (nSPS) is 17.9. The van der Waals surface area contributed by atoms with Gasteiger partial charge >= 0.3 is 0 Å². The fourth-order valence-corrected chi connectivity index (χ4v) is 5.56. The van der Waals surface area contributed by atoms with Crippen molar-refractivity contribution < 1.29 is 13.2 Å². The lowest BCUT2D eigenvalue weighted by Gasteiger charge is -2.18. The number of hydrogen-bond donors (Lipinski definition) is 0. The molecular weight excluding hydrogens is 419 g/mol. The molecule has 1 fully saturated rings. The number of pyridine rings is 1. The number of fused-ring (bicyclic) bond motifs is 1. The average Bonchev–Trinajstić information content (AvgIpc) is 3.14. The first kappa shape index (κ1) is 19.5. The van der Waals surface area contributed by atoms with Crippen molar-refractivity contribution in [2.24, 2.45) is 0 Å². The van der Waals surface area contributed by atoms with E-state index in [1.807, 2.05) is 30.3 Å². The van der Waals surface area contributed by atoms with Gasteiger partial charge in [-0.25, -0.2) is 13.4 Å². The second-order valence-electron chi connectivity index (χ2n) is 6.77. The summed E-state index contributed by atoms with van der Waals surface area (Å²) in [5.41, 5.74) is 1.50. The van der Waals surface area contributed by atoms with Gasteiger partial charge in [0.05, 0.1) is 17.1 Å². The van der Waals surface area contributed by atoms with Gasteiger partial charge in [0.15, 0.2) is 0 Å².